The van der Waals surface area contributed by atoms with Gasteiger partial charge in [0, 0.05) is 42.0 Å². The number of benzene rings is 2. The molecular weight excluding hydrogens is 549 g/mol. The standard InChI is InChI=1S/C35H35F3N2OSi/c1-23(2)42(24(3)4,25(5)6)17-15-27-18-28-22-40(35(41)34(28)32(38)19-27)33(30-20-29(36)12-13-31(30)37)11-9-7-8-10-26-14-16-39-21-26/h12-14,16,18-21,23-25,33,39H,11,22H2,1-6H3. The third-order valence-corrected chi connectivity index (χ3v) is 14.5. The molecule has 3 nitrogen and oxygen atoms in total. The SMILES string of the molecule is CC(C)[Si](C#Cc1cc(F)c2c(c1)CN(C(CC#CC#Cc1cc[nH]c1)c1cc(F)ccc1F)C2=O)(C(C)C)C(C)C. The van der Waals surface area contributed by atoms with Crippen LogP contribution >= 0.6 is 0 Å². The van der Waals surface area contributed by atoms with Gasteiger partial charge in [-0.05, 0) is 70.4 Å². The Balaban J connectivity index is 1.70. The number of aromatic nitrogens is 1. The third-order valence-electron chi connectivity index (χ3n) is 8.22. The van der Waals surface area contributed by atoms with Crippen molar-refractivity contribution in [2.24, 2.45) is 0 Å². The van der Waals surface area contributed by atoms with Crippen molar-refractivity contribution in [3.63, 3.8) is 0 Å². The molecule has 0 aliphatic carbocycles. The number of fused-ring (bicyclic) bond motifs is 1. The van der Waals surface area contributed by atoms with E-state index in [9.17, 15) is 13.6 Å². The number of hydrogen-bond donors (Lipinski definition) is 1. The van der Waals surface area contributed by atoms with Crippen LogP contribution in [0.1, 0.15) is 86.6 Å². The number of carbonyl (C=O) groups is 1. The van der Waals surface area contributed by atoms with E-state index in [1.807, 2.05) is 0 Å². The van der Waals surface area contributed by atoms with Crippen LogP contribution in [-0.2, 0) is 6.54 Å². The highest BCUT2D eigenvalue weighted by atomic mass is 28.3. The quantitative estimate of drug-likeness (QED) is 0.230. The fourth-order valence-corrected chi connectivity index (χ4v) is 11.4. The Morgan fingerprint density at radius 2 is 1.60 bits per heavy atom. The highest BCUT2D eigenvalue weighted by Gasteiger charge is 2.42. The summed E-state index contributed by atoms with van der Waals surface area (Å²) in [6.07, 6.45) is 3.45. The van der Waals surface area contributed by atoms with Crippen LogP contribution in [0.2, 0.25) is 16.6 Å². The molecule has 0 spiro atoms. The van der Waals surface area contributed by atoms with E-state index in [2.05, 4.69) is 81.7 Å². The van der Waals surface area contributed by atoms with Gasteiger partial charge in [-0.15, -0.1) is 5.54 Å². The lowest BCUT2D eigenvalue weighted by molar-refractivity contribution is 0.0697. The van der Waals surface area contributed by atoms with Crippen LogP contribution in [0.5, 0.6) is 0 Å². The van der Waals surface area contributed by atoms with E-state index < -0.39 is 37.5 Å². The molecule has 1 amide bonds. The highest BCUT2D eigenvalue weighted by Crippen LogP contribution is 2.41. The maximum Gasteiger partial charge on any atom is 0.258 e. The predicted octanol–water partition coefficient (Wildman–Crippen LogP) is 8.14. The van der Waals surface area contributed by atoms with Crippen LogP contribution in [0, 0.1) is 52.6 Å². The summed E-state index contributed by atoms with van der Waals surface area (Å²) in [6, 6.07) is 7.00. The zero-order valence-electron chi connectivity index (χ0n) is 24.8. The van der Waals surface area contributed by atoms with Gasteiger partial charge in [-0.3, -0.25) is 4.79 Å². The van der Waals surface area contributed by atoms with Gasteiger partial charge in [-0.2, -0.15) is 0 Å². The first-order valence-electron chi connectivity index (χ1n) is 14.2. The maximum atomic E-state index is 15.5. The lowest BCUT2D eigenvalue weighted by Gasteiger charge is -2.38. The summed E-state index contributed by atoms with van der Waals surface area (Å²) in [5, 5.41) is 0. The Kier molecular flexibility index (Phi) is 9.40. The normalized spacial score (nSPS) is 13.3. The molecule has 4 rings (SSSR count). The van der Waals surface area contributed by atoms with E-state index >= 15 is 4.39 Å². The van der Waals surface area contributed by atoms with Crippen molar-refractivity contribution in [3.8, 4) is 35.1 Å². The van der Waals surface area contributed by atoms with E-state index in [1.165, 1.54) is 11.0 Å². The van der Waals surface area contributed by atoms with Crippen LogP contribution < -0.4 is 0 Å². The second kappa shape index (κ2) is 12.8. The Morgan fingerprint density at radius 1 is 0.881 bits per heavy atom. The first kappa shape index (κ1) is 30.8. The van der Waals surface area contributed by atoms with Crippen LogP contribution in [0.15, 0.2) is 48.8 Å². The second-order valence-electron chi connectivity index (χ2n) is 11.6. The van der Waals surface area contributed by atoms with Gasteiger partial charge in [0.15, 0.2) is 0 Å². The minimum atomic E-state index is -2.06. The monoisotopic (exact) mass is 584 g/mol. The van der Waals surface area contributed by atoms with Crippen molar-refractivity contribution >= 4 is 14.0 Å². The van der Waals surface area contributed by atoms with Crippen molar-refractivity contribution in [1.29, 1.82) is 0 Å². The topological polar surface area (TPSA) is 36.1 Å². The zero-order chi connectivity index (χ0) is 30.6. The van der Waals surface area contributed by atoms with Gasteiger partial charge >= 0.3 is 0 Å². The number of halogens is 3. The maximum absolute atomic E-state index is 15.5. The van der Waals surface area contributed by atoms with Crippen molar-refractivity contribution in [1.82, 2.24) is 9.88 Å². The van der Waals surface area contributed by atoms with Gasteiger partial charge in [-0.25, -0.2) is 13.2 Å². The average molecular weight is 585 g/mol. The smallest absolute Gasteiger partial charge is 0.258 e. The van der Waals surface area contributed by atoms with Gasteiger partial charge in [-0.1, -0.05) is 59.3 Å². The first-order valence-corrected chi connectivity index (χ1v) is 16.4. The number of hydrogen-bond acceptors (Lipinski definition) is 1. The number of carbonyl (C=O) groups excluding carboxylic acids is 1. The Morgan fingerprint density at radius 3 is 2.24 bits per heavy atom. The van der Waals surface area contributed by atoms with Crippen molar-refractivity contribution in [2.75, 3.05) is 0 Å². The summed E-state index contributed by atoms with van der Waals surface area (Å²) >= 11 is 0. The fraction of sp³-hybridized carbons (Fsp3) is 0.343. The van der Waals surface area contributed by atoms with E-state index in [0.717, 1.165) is 23.8 Å². The molecule has 2 heterocycles. The molecule has 1 aliphatic rings. The summed E-state index contributed by atoms with van der Waals surface area (Å²) < 4.78 is 44.7. The molecule has 0 bridgehead atoms. The molecule has 0 fully saturated rings. The summed E-state index contributed by atoms with van der Waals surface area (Å²) in [4.78, 5) is 17.8. The lowest BCUT2D eigenvalue weighted by atomic mass is 10.0. The molecule has 1 atom stereocenters. The lowest BCUT2D eigenvalue weighted by Crippen LogP contribution is -2.43. The van der Waals surface area contributed by atoms with Crippen molar-refractivity contribution in [2.45, 2.75) is 77.2 Å². The molecule has 216 valence electrons. The van der Waals surface area contributed by atoms with E-state index in [1.54, 1.807) is 24.5 Å². The highest BCUT2D eigenvalue weighted by molar-refractivity contribution is 6.90. The molecule has 1 aromatic heterocycles. The van der Waals surface area contributed by atoms with Gasteiger partial charge in [0.1, 0.15) is 25.5 Å². The Hall–Kier alpha value is -4.12. The van der Waals surface area contributed by atoms with Crippen LogP contribution in [0.4, 0.5) is 13.2 Å². The van der Waals surface area contributed by atoms with E-state index in [4.69, 9.17) is 0 Å². The number of nitrogens with one attached hydrogen (secondary N) is 1. The van der Waals surface area contributed by atoms with Gasteiger partial charge < -0.3 is 9.88 Å². The van der Waals surface area contributed by atoms with Crippen LogP contribution in [0.3, 0.4) is 0 Å². The van der Waals surface area contributed by atoms with E-state index in [0.29, 0.717) is 27.8 Å². The minimum absolute atomic E-state index is 0.0124. The molecule has 0 radical (unpaired) electrons. The zero-order valence-corrected chi connectivity index (χ0v) is 25.8. The number of aromatic amines is 1. The summed E-state index contributed by atoms with van der Waals surface area (Å²) in [6.45, 7) is 13.3. The third kappa shape index (κ3) is 6.20. The van der Waals surface area contributed by atoms with Gasteiger partial charge in [0.25, 0.3) is 5.91 Å². The molecule has 3 aromatic rings. The summed E-state index contributed by atoms with van der Waals surface area (Å²) in [5.74, 6) is 11.9. The number of amides is 1. The molecule has 0 saturated carbocycles. The molecule has 2 aromatic carbocycles. The number of nitrogens with zero attached hydrogens (tertiary/aromatic N) is 1. The molecule has 1 aliphatic heterocycles. The second-order valence-corrected chi connectivity index (χ2v) is 17.2. The molecule has 1 unspecified atom stereocenters. The van der Waals surface area contributed by atoms with Gasteiger partial charge in [0.05, 0.1) is 11.6 Å². The largest absolute Gasteiger partial charge is 0.367 e. The molecule has 1 N–H and O–H groups in total. The number of H-pyrrole nitrogens is 1. The van der Waals surface area contributed by atoms with Crippen LogP contribution in [0.25, 0.3) is 0 Å². The van der Waals surface area contributed by atoms with Crippen molar-refractivity contribution < 1.29 is 18.0 Å². The Bertz CT molecular complexity index is 1640. The first-order chi connectivity index (χ1) is 20.0. The van der Waals surface area contributed by atoms with E-state index in [-0.39, 0.29) is 24.1 Å². The average Bonchev–Trinajstić information content (AvgIpc) is 3.55. The molecule has 7 heteroatoms. The summed E-state index contributed by atoms with van der Waals surface area (Å²) in [7, 11) is -2.06. The van der Waals surface area contributed by atoms with Crippen LogP contribution in [-0.4, -0.2) is 23.9 Å². The van der Waals surface area contributed by atoms with Gasteiger partial charge in [0.2, 0.25) is 0 Å². The molecule has 0 saturated heterocycles. The summed E-state index contributed by atoms with van der Waals surface area (Å²) in [5.41, 5.74) is 6.49. The Labute approximate surface area is 247 Å². The molecule has 42 heavy (non-hydrogen) atoms. The number of rotatable bonds is 6. The fourth-order valence-electron chi connectivity index (χ4n) is 6.22. The van der Waals surface area contributed by atoms with Crippen molar-refractivity contribution in [3.05, 3.63) is 94.1 Å². The molecular formula is C35H35F3N2OSi. The minimum Gasteiger partial charge on any atom is -0.367 e. The predicted molar refractivity (Wildman–Crippen MR) is 163 cm³/mol.